The molecule has 0 radical (unpaired) electrons. The normalized spacial score (nSPS) is 14.3. The van der Waals surface area contributed by atoms with E-state index < -0.39 is 0 Å². The van der Waals surface area contributed by atoms with Gasteiger partial charge in [-0.25, -0.2) is 5.01 Å². The number of nitrogens with one attached hydrogen (secondary N) is 1. The number of carbonyl (C=O) groups excluding carboxylic acids is 1. The van der Waals surface area contributed by atoms with Gasteiger partial charge >= 0.3 is 0 Å². The maximum atomic E-state index is 11.8. The minimum absolute atomic E-state index is 0.114. The van der Waals surface area contributed by atoms with Gasteiger partial charge in [0.15, 0.2) is 0 Å². The summed E-state index contributed by atoms with van der Waals surface area (Å²) < 4.78 is 1.34. The van der Waals surface area contributed by atoms with Crippen LogP contribution in [0.5, 0.6) is 0 Å². The molecule has 0 bridgehead atoms. The molecule has 1 amide bonds. The van der Waals surface area contributed by atoms with E-state index >= 15 is 0 Å². The third-order valence-electron chi connectivity index (χ3n) is 3.80. The summed E-state index contributed by atoms with van der Waals surface area (Å²) in [4.78, 5) is 23.5. The van der Waals surface area contributed by atoms with Crippen LogP contribution in [0.3, 0.4) is 0 Å². The van der Waals surface area contributed by atoms with Crippen LogP contribution in [0.1, 0.15) is 12.0 Å². The Kier molecular flexibility index (Phi) is 4.59. The van der Waals surface area contributed by atoms with Crippen molar-refractivity contribution in [3.63, 3.8) is 0 Å². The lowest BCUT2D eigenvalue weighted by Crippen LogP contribution is -2.23. The molecule has 0 saturated carbocycles. The molecule has 1 aliphatic rings. The lowest BCUT2D eigenvalue weighted by atomic mass is 10.0. The first kappa shape index (κ1) is 16.2. The second kappa shape index (κ2) is 6.81. The van der Waals surface area contributed by atoms with Crippen molar-refractivity contribution in [1.29, 1.82) is 0 Å². The maximum absolute atomic E-state index is 11.8. The molecule has 2 heterocycles. The predicted molar refractivity (Wildman–Crippen MR) is 87.5 cm³/mol. The molecule has 1 aliphatic heterocycles. The summed E-state index contributed by atoms with van der Waals surface area (Å²) in [5, 5.41) is 26.3. The number of aliphatic hydroxyl groups excluding tert-OH is 2. The number of nitrogens with zero attached hydrogens (tertiary/aromatic N) is 3. The van der Waals surface area contributed by atoms with Crippen molar-refractivity contribution >= 4 is 11.6 Å². The van der Waals surface area contributed by atoms with E-state index in [0.29, 0.717) is 11.4 Å². The molecule has 0 unspecified atom stereocenters. The second-order valence-electron chi connectivity index (χ2n) is 5.42. The molecule has 2 aromatic rings. The standard InChI is InChI=1S/C16H18N4O4/c21-7-5-19-15(23)9-13(17-19)11-1-2-12(4-3-11)14-10-16(24)20(18-14)6-8-22/h1-4,9,17,21-22H,5-8,10H2. The van der Waals surface area contributed by atoms with E-state index in [9.17, 15) is 9.59 Å². The van der Waals surface area contributed by atoms with Crippen LogP contribution >= 0.6 is 0 Å². The van der Waals surface area contributed by atoms with Gasteiger partial charge in [0, 0.05) is 6.07 Å². The van der Waals surface area contributed by atoms with Crippen LogP contribution in [0.2, 0.25) is 0 Å². The van der Waals surface area contributed by atoms with Gasteiger partial charge in [0.25, 0.3) is 5.56 Å². The van der Waals surface area contributed by atoms with Gasteiger partial charge in [-0.2, -0.15) is 5.10 Å². The van der Waals surface area contributed by atoms with Crippen LogP contribution in [0.15, 0.2) is 40.2 Å². The van der Waals surface area contributed by atoms with E-state index in [4.69, 9.17) is 10.2 Å². The number of β-amino-alcohol motifs (C(OH)–C–C–N with tert-alkyl or cyclic N) is 1. The van der Waals surface area contributed by atoms with E-state index in [1.165, 1.54) is 15.8 Å². The number of hydrogen-bond donors (Lipinski definition) is 3. The van der Waals surface area contributed by atoms with Crippen molar-refractivity contribution < 1.29 is 15.0 Å². The van der Waals surface area contributed by atoms with Gasteiger partial charge in [-0.05, 0) is 11.1 Å². The molecule has 24 heavy (non-hydrogen) atoms. The first-order valence-corrected chi connectivity index (χ1v) is 7.62. The number of aromatic nitrogens is 2. The lowest BCUT2D eigenvalue weighted by molar-refractivity contribution is -0.129. The Morgan fingerprint density at radius 1 is 1.04 bits per heavy atom. The minimum Gasteiger partial charge on any atom is -0.394 e. The highest BCUT2D eigenvalue weighted by molar-refractivity contribution is 6.13. The van der Waals surface area contributed by atoms with Crippen molar-refractivity contribution in [2.75, 3.05) is 19.8 Å². The molecule has 0 fully saturated rings. The number of hydrogen-bond acceptors (Lipinski definition) is 5. The van der Waals surface area contributed by atoms with E-state index in [0.717, 1.165) is 11.1 Å². The van der Waals surface area contributed by atoms with E-state index in [1.54, 1.807) is 0 Å². The van der Waals surface area contributed by atoms with Crippen molar-refractivity contribution in [1.82, 2.24) is 14.8 Å². The molecule has 8 heteroatoms. The number of aromatic amines is 1. The highest BCUT2D eigenvalue weighted by Gasteiger charge is 2.24. The Bertz CT molecular complexity index is 819. The lowest BCUT2D eigenvalue weighted by Gasteiger charge is -2.07. The summed E-state index contributed by atoms with van der Waals surface area (Å²) in [6.45, 7) is 0.174. The zero-order valence-electron chi connectivity index (χ0n) is 13.0. The fourth-order valence-corrected chi connectivity index (χ4v) is 2.59. The van der Waals surface area contributed by atoms with Gasteiger partial charge in [-0.3, -0.25) is 19.4 Å². The Morgan fingerprint density at radius 2 is 1.71 bits per heavy atom. The van der Waals surface area contributed by atoms with Crippen molar-refractivity contribution in [2.45, 2.75) is 13.0 Å². The average Bonchev–Trinajstić information content (AvgIpc) is 3.12. The average molecular weight is 330 g/mol. The van der Waals surface area contributed by atoms with E-state index in [1.807, 2.05) is 24.3 Å². The van der Waals surface area contributed by atoms with Crippen LogP contribution in [-0.4, -0.2) is 56.4 Å². The number of hydrazone groups is 1. The molecule has 1 aromatic heterocycles. The topological polar surface area (TPSA) is 111 Å². The molecule has 0 spiro atoms. The van der Waals surface area contributed by atoms with Gasteiger partial charge in [-0.15, -0.1) is 0 Å². The van der Waals surface area contributed by atoms with Crippen LogP contribution < -0.4 is 5.56 Å². The van der Waals surface area contributed by atoms with Crippen LogP contribution in [-0.2, 0) is 11.3 Å². The van der Waals surface area contributed by atoms with Gasteiger partial charge in [0.05, 0.1) is 44.1 Å². The van der Waals surface area contributed by atoms with E-state index in [-0.39, 0.29) is 44.2 Å². The molecule has 0 aliphatic carbocycles. The number of amides is 1. The third-order valence-corrected chi connectivity index (χ3v) is 3.80. The first-order valence-electron chi connectivity index (χ1n) is 7.62. The zero-order valence-corrected chi connectivity index (χ0v) is 13.0. The summed E-state index contributed by atoms with van der Waals surface area (Å²) >= 11 is 0. The fourth-order valence-electron chi connectivity index (χ4n) is 2.59. The van der Waals surface area contributed by atoms with Gasteiger partial charge in [0.1, 0.15) is 0 Å². The van der Waals surface area contributed by atoms with Crippen LogP contribution in [0, 0.1) is 0 Å². The molecule has 3 N–H and O–H groups in total. The Morgan fingerprint density at radius 3 is 2.38 bits per heavy atom. The fraction of sp³-hybridized carbons (Fsp3) is 0.312. The predicted octanol–water partition coefficient (Wildman–Crippen LogP) is -0.236. The highest BCUT2D eigenvalue weighted by atomic mass is 16.3. The monoisotopic (exact) mass is 330 g/mol. The van der Waals surface area contributed by atoms with Crippen molar-refractivity contribution in [3.8, 4) is 11.3 Å². The summed E-state index contributed by atoms with van der Waals surface area (Å²) in [5.41, 5.74) is 2.76. The molecular weight excluding hydrogens is 312 g/mol. The van der Waals surface area contributed by atoms with Gasteiger partial charge in [0.2, 0.25) is 5.91 Å². The first-order chi connectivity index (χ1) is 11.6. The molecule has 8 nitrogen and oxygen atoms in total. The Balaban J connectivity index is 1.81. The molecule has 1 aromatic carbocycles. The molecule has 126 valence electrons. The van der Waals surface area contributed by atoms with Crippen LogP contribution in [0.25, 0.3) is 11.3 Å². The molecule has 0 atom stereocenters. The summed E-state index contributed by atoms with van der Waals surface area (Å²) in [6, 6.07) is 8.83. The maximum Gasteiger partial charge on any atom is 0.267 e. The van der Waals surface area contributed by atoms with Crippen molar-refractivity contribution in [2.24, 2.45) is 5.10 Å². The highest BCUT2D eigenvalue weighted by Crippen LogP contribution is 2.20. The van der Waals surface area contributed by atoms with Crippen LogP contribution in [0.4, 0.5) is 0 Å². The zero-order chi connectivity index (χ0) is 17.1. The Hall–Kier alpha value is -2.71. The largest absolute Gasteiger partial charge is 0.394 e. The number of rotatable bonds is 6. The molecule has 0 saturated heterocycles. The number of H-pyrrole nitrogens is 1. The summed E-state index contributed by atoms with van der Waals surface area (Å²) in [7, 11) is 0. The minimum atomic E-state index is -0.200. The second-order valence-corrected chi connectivity index (χ2v) is 5.42. The molecule has 3 rings (SSSR count). The third kappa shape index (κ3) is 3.15. The van der Waals surface area contributed by atoms with E-state index in [2.05, 4.69) is 10.2 Å². The van der Waals surface area contributed by atoms with Gasteiger partial charge in [-0.1, -0.05) is 24.3 Å². The smallest absolute Gasteiger partial charge is 0.267 e. The number of carbonyl (C=O) groups is 1. The summed E-state index contributed by atoms with van der Waals surface area (Å²) in [6.07, 6.45) is 0.211. The van der Waals surface area contributed by atoms with Gasteiger partial charge < -0.3 is 10.2 Å². The summed E-state index contributed by atoms with van der Waals surface area (Å²) in [5.74, 6) is -0.131. The Labute approximate surface area is 137 Å². The molecular formula is C16H18N4O4. The quantitative estimate of drug-likeness (QED) is 0.679. The number of benzene rings is 1. The number of aliphatic hydroxyl groups is 2. The SMILES string of the molecule is O=C1CC(c2ccc(-c3cc(=O)n(CCO)[nH]3)cc2)=NN1CCO. The van der Waals surface area contributed by atoms with Crippen molar-refractivity contribution in [3.05, 3.63) is 46.2 Å².